The number of amides is 1. The van der Waals surface area contributed by atoms with Crippen LogP contribution in [0.3, 0.4) is 0 Å². The van der Waals surface area contributed by atoms with E-state index in [2.05, 4.69) is 26.3 Å². The van der Waals surface area contributed by atoms with Crippen LogP contribution in [0.25, 0.3) is 10.9 Å². The molecule has 0 unspecified atom stereocenters. The Hall–Kier alpha value is -3.03. The second-order valence-corrected chi connectivity index (χ2v) is 6.81. The highest BCUT2D eigenvalue weighted by Crippen LogP contribution is 2.10. The minimum atomic E-state index is -0.220. The zero-order valence-corrected chi connectivity index (χ0v) is 16.1. The van der Waals surface area contributed by atoms with Crippen LogP contribution < -0.4 is 10.9 Å². The lowest BCUT2D eigenvalue weighted by Gasteiger charge is -2.14. The normalized spacial score (nSPS) is 11.1. The molecule has 0 atom stereocenters. The van der Waals surface area contributed by atoms with E-state index in [4.69, 9.17) is 4.74 Å². The van der Waals surface area contributed by atoms with Gasteiger partial charge in [-0.25, -0.2) is 4.98 Å². The second kappa shape index (κ2) is 9.25. The molecule has 146 valence electrons. The van der Waals surface area contributed by atoms with Crippen molar-refractivity contribution in [2.24, 2.45) is 0 Å². The van der Waals surface area contributed by atoms with Gasteiger partial charge in [-0.2, -0.15) is 0 Å². The third-order valence-electron chi connectivity index (χ3n) is 4.21. The Balaban J connectivity index is 1.51. The molecule has 0 saturated heterocycles. The fraction of sp³-hybridized carbons (Fsp3) is 0.286. The smallest absolute Gasteiger partial charge is 0.258 e. The van der Waals surface area contributed by atoms with Gasteiger partial charge in [0, 0.05) is 13.1 Å². The average molecular weight is 380 g/mol. The molecule has 0 aliphatic carbocycles. The standard InChI is InChI=1S/C21H24N4O3/c1-25(2)12-16-8-4-3-7-15(16)11-22-20(26)14-28-13-19-23-18-10-6-5-9-17(18)21(27)24-19/h3-10H,11-14H2,1-2H3,(H,22,26)(H,23,24,27). The largest absolute Gasteiger partial charge is 0.364 e. The van der Waals surface area contributed by atoms with Crippen LogP contribution >= 0.6 is 0 Å². The first-order valence-corrected chi connectivity index (χ1v) is 9.07. The molecule has 0 radical (unpaired) electrons. The van der Waals surface area contributed by atoms with E-state index in [1.54, 1.807) is 18.2 Å². The lowest BCUT2D eigenvalue weighted by Crippen LogP contribution is -2.28. The molecule has 3 rings (SSSR count). The highest BCUT2D eigenvalue weighted by atomic mass is 16.5. The average Bonchev–Trinajstić information content (AvgIpc) is 2.67. The maximum Gasteiger partial charge on any atom is 0.258 e. The van der Waals surface area contributed by atoms with E-state index in [-0.39, 0.29) is 24.7 Å². The highest BCUT2D eigenvalue weighted by Gasteiger charge is 2.08. The van der Waals surface area contributed by atoms with Crippen LogP contribution in [0.5, 0.6) is 0 Å². The fourth-order valence-corrected chi connectivity index (χ4v) is 2.91. The highest BCUT2D eigenvalue weighted by molar-refractivity contribution is 5.77. The number of ether oxygens (including phenoxy) is 1. The summed E-state index contributed by atoms with van der Waals surface area (Å²) >= 11 is 0. The third kappa shape index (κ3) is 5.25. The minimum Gasteiger partial charge on any atom is -0.364 e. The number of hydrogen-bond acceptors (Lipinski definition) is 5. The fourth-order valence-electron chi connectivity index (χ4n) is 2.91. The van der Waals surface area contributed by atoms with Gasteiger partial charge in [0.15, 0.2) is 0 Å². The molecule has 1 amide bonds. The van der Waals surface area contributed by atoms with Gasteiger partial charge in [-0.05, 0) is 37.4 Å². The van der Waals surface area contributed by atoms with Crippen molar-refractivity contribution in [3.05, 3.63) is 75.8 Å². The van der Waals surface area contributed by atoms with Gasteiger partial charge >= 0.3 is 0 Å². The molecular formula is C21H24N4O3. The summed E-state index contributed by atoms with van der Waals surface area (Å²) in [6, 6.07) is 15.1. The molecule has 0 aliphatic heterocycles. The summed E-state index contributed by atoms with van der Waals surface area (Å²) < 4.78 is 5.42. The predicted octanol–water partition coefficient (Wildman–Crippen LogP) is 1.82. The first kappa shape index (κ1) is 19.7. The topological polar surface area (TPSA) is 87.3 Å². The van der Waals surface area contributed by atoms with Crippen LogP contribution in [-0.4, -0.2) is 41.5 Å². The Labute approximate surface area is 163 Å². The van der Waals surface area contributed by atoms with Crippen LogP contribution in [0, 0.1) is 0 Å². The van der Waals surface area contributed by atoms with E-state index in [1.807, 2.05) is 38.4 Å². The molecule has 2 N–H and O–H groups in total. The number of aromatic nitrogens is 2. The molecule has 7 nitrogen and oxygen atoms in total. The molecule has 1 aromatic heterocycles. The Morgan fingerprint density at radius 3 is 2.61 bits per heavy atom. The van der Waals surface area contributed by atoms with Crippen molar-refractivity contribution >= 4 is 16.8 Å². The summed E-state index contributed by atoms with van der Waals surface area (Å²) in [5.41, 5.74) is 2.63. The molecule has 0 saturated carbocycles. The number of H-pyrrole nitrogens is 1. The second-order valence-electron chi connectivity index (χ2n) is 6.81. The van der Waals surface area contributed by atoms with Crippen LogP contribution in [0.2, 0.25) is 0 Å². The van der Waals surface area contributed by atoms with E-state index in [1.165, 1.54) is 5.56 Å². The van der Waals surface area contributed by atoms with E-state index in [0.29, 0.717) is 23.3 Å². The van der Waals surface area contributed by atoms with Crippen molar-refractivity contribution in [1.29, 1.82) is 0 Å². The Morgan fingerprint density at radius 1 is 1.11 bits per heavy atom. The van der Waals surface area contributed by atoms with Crippen LogP contribution in [0.4, 0.5) is 0 Å². The van der Waals surface area contributed by atoms with Crippen molar-refractivity contribution in [2.45, 2.75) is 19.7 Å². The van der Waals surface area contributed by atoms with Gasteiger partial charge in [0.05, 0.1) is 10.9 Å². The first-order valence-electron chi connectivity index (χ1n) is 9.07. The van der Waals surface area contributed by atoms with Gasteiger partial charge in [-0.3, -0.25) is 9.59 Å². The summed E-state index contributed by atoms with van der Waals surface area (Å²) in [5, 5.41) is 3.39. The number of benzene rings is 2. The van der Waals surface area contributed by atoms with E-state index in [9.17, 15) is 9.59 Å². The maximum absolute atomic E-state index is 12.1. The molecular weight excluding hydrogens is 356 g/mol. The number of rotatable bonds is 8. The van der Waals surface area contributed by atoms with E-state index >= 15 is 0 Å². The Morgan fingerprint density at radius 2 is 1.82 bits per heavy atom. The molecule has 0 fully saturated rings. The molecule has 0 bridgehead atoms. The maximum atomic E-state index is 12.1. The van der Waals surface area contributed by atoms with Crippen LogP contribution in [0.1, 0.15) is 17.0 Å². The molecule has 3 aromatic rings. The summed E-state index contributed by atoms with van der Waals surface area (Å²) in [4.78, 5) is 33.2. The number of carbonyl (C=O) groups excluding carboxylic acids is 1. The summed E-state index contributed by atoms with van der Waals surface area (Å²) in [6.07, 6.45) is 0. The lowest BCUT2D eigenvalue weighted by atomic mass is 10.1. The number of nitrogens with zero attached hydrogens (tertiary/aromatic N) is 2. The molecule has 0 aliphatic rings. The minimum absolute atomic E-state index is 0.0602. The van der Waals surface area contributed by atoms with Gasteiger partial charge in [0.1, 0.15) is 19.0 Å². The van der Waals surface area contributed by atoms with E-state index in [0.717, 1.165) is 12.1 Å². The van der Waals surface area contributed by atoms with Crippen molar-refractivity contribution in [1.82, 2.24) is 20.2 Å². The molecule has 0 spiro atoms. The molecule has 1 heterocycles. The summed E-state index contributed by atoms with van der Waals surface area (Å²) in [5.74, 6) is 0.177. The molecule has 2 aromatic carbocycles. The zero-order valence-electron chi connectivity index (χ0n) is 16.1. The van der Waals surface area contributed by atoms with Gasteiger partial charge in [-0.1, -0.05) is 36.4 Å². The number of aromatic amines is 1. The van der Waals surface area contributed by atoms with Crippen LogP contribution in [-0.2, 0) is 29.2 Å². The number of hydrogen-bond donors (Lipinski definition) is 2. The van der Waals surface area contributed by atoms with Crippen molar-refractivity contribution < 1.29 is 9.53 Å². The number of carbonyl (C=O) groups is 1. The first-order chi connectivity index (χ1) is 13.5. The molecule has 28 heavy (non-hydrogen) atoms. The van der Waals surface area contributed by atoms with Crippen molar-refractivity contribution in [2.75, 3.05) is 20.7 Å². The molecule has 7 heteroatoms. The Bertz CT molecular complexity index is 1010. The summed E-state index contributed by atoms with van der Waals surface area (Å²) in [7, 11) is 4.02. The Kier molecular flexibility index (Phi) is 6.52. The number of para-hydroxylation sites is 1. The van der Waals surface area contributed by atoms with Crippen molar-refractivity contribution in [3.63, 3.8) is 0 Å². The van der Waals surface area contributed by atoms with E-state index < -0.39 is 0 Å². The quantitative estimate of drug-likeness (QED) is 0.622. The predicted molar refractivity (Wildman–Crippen MR) is 108 cm³/mol. The number of fused-ring (bicyclic) bond motifs is 1. The monoisotopic (exact) mass is 380 g/mol. The van der Waals surface area contributed by atoms with Crippen LogP contribution in [0.15, 0.2) is 53.3 Å². The van der Waals surface area contributed by atoms with Gasteiger partial charge < -0.3 is 19.9 Å². The number of nitrogens with one attached hydrogen (secondary N) is 2. The zero-order chi connectivity index (χ0) is 19.9. The van der Waals surface area contributed by atoms with Gasteiger partial charge in [0.2, 0.25) is 5.91 Å². The summed E-state index contributed by atoms with van der Waals surface area (Å²) in [6.45, 7) is 1.21. The van der Waals surface area contributed by atoms with Gasteiger partial charge in [-0.15, -0.1) is 0 Å². The lowest BCUT2D eigenvalue weighted by molar-refractivity contribution is -0.126. The third-order valence-corrected chi connectivity index (χ3v) is 4.21. The SMILES string of the molecule is CN(C)Cc1ccccc1CNC(=O)COCc1nc2ccccc2c(=O)[nH]1. The van der Waals surface area contributed by atoms with Crippen molar-refractivity contribution in [3.8, 4) is 0 Å². The van der Waals surface area contributed by atoms with Gasteiger partial charge in [0.25, 0.3) is 5.56 Å².